The van der Waals surface area contributed by atoms with E-state index >= 15 is 0 Å². The van der Waals surface area contributed by atoms with E-state index < -0.39 is 17.7 Å². The van der Waals surface area contributed by atoms with Crippen molar-refractivity contribution in [3.05, 3.63) is 0 Å². The van der Waals surface area contributed by atoms with Gasteiger partial charge in [-0.3, -0.25) is 0 Å². The number of halogens is 10. The van der Waals surface area contributed by atoms with Crippen LogP contribution in [0, 0.1) is 0 Å². The smallest absolute Gasteiger partial charge is 0.220 e. The molecule has 0 aromatic heterocycles. The Bertz CT molecular complexity index is 199. The predicted octanol–water partition coefficient (Wildman–Crippen LogP) is 5.24. The van der Waals surface area contributed by atoms with E-state index in [4.69, 9.17) is 0 Å². The van der Waals surface area contributed by atoms with Crippen molar-refractivity contribution in [1.29, 1.82) is 0 Å². The maximum absolute atomic E-state index is 13.3. The van der Waals surface area contributed by atoms with Crippen molar-refractivity contribution in [2.75, 3.05) is 0 Å². The summed E-state index contributed by atoms with van der Waals surface area (Å²) in [5, 5.41) is -9.25. The minimum Gasteiger partial charge on any atom is -0.220 e. The standard InChI is InChI=1S/C4Br2Cl2F5I/c5-1(9,3(6,11)14)2(7,10)4(8,12)13. The molecule has 3 atom stereocenters. The zero-order valence-corrected chi connectivity index (χ0v) is 12.6. The Hall–Kier alpha value is 1.92. The highest BCUT2D eigenvalue weighted by molar-refractivity contribution is 14.1. The second-order valence-corrected chi connectivity index (χ2v) is 8.29. The molecule has 0 spiro atoms. The van der Waals surface area contributed by atoms with Crippen molar-refractivity contribution in [2.45, 2.75) is 17.7 Å². The SMILES string of the molecule is FC(F)(Cl)C(F)(Cl)C(F)(Br)C(F)(Br)I. The van der Waals surface area contributed by atoms with Crippen molar-refractivity contribution in [3.8, 4) is 0 Å². The topological polar surface area (TPSA) is 0 Å². The van der Waals surface area contributed by atoms with Crippen molar-refractivity contribution >= 4 is 77.7 Å². The largest absolute Gasteiger partial charge is 0.373 e. The summed E-state index contributed by atoms with van der Waals surface area (Å²) in [6.07, 6.45) is 0. The lowest BCUT2D eigenvalue weighted by Crippen LogP contribution is -2.55. The molecular weight excluding hydrogens is 501 g/mol. The second-order valence-electron chi connectivity index (χ2n) is 2.14. The van der Waals surface area contributed by atoms with Crippen molar-refractivity contribution in [2.24, 2.45) is 0 Å². The fraction of sp³-hybridized carbons (Fsp3) is 1.00. The molecule has 0 N–H and O–H groups in total. The number of hydrogen-bond acceptors (Lipinski definition) is 0. The monoisotopic (exact) mass is 498 g/mol. The van der Waals surface area contributed by atoms with Crippen LogP contribution in [0.5, 0.6) is 0 Å². The molecule has 0 rings (SSSR count). The Morgan fingerprint density at radius 1 is 0.929 bits per heavy atom. The third kappa shape index (κ3) is 2.78. The van der Waals surface area contributed by atoms with Gasteiger partial charge in [0.2, 0.25) is 0 Å². The Morgan fingerprint density at radius 2 is 1.21 bits per heavy atom. The second kappa shape index (κ2) is 4.30. The Morgan fingerprint density at radius 3 is 1.29 bits per heavy atom. The number of hydrogen-bond donors (Lipinski definition) is 0. The number of alkyl halides is 10. The van der Waals surface area contributed by atoms with Gasteiger partial charge in [-0.1, -0.05) is 11.6 Å². The molecule has 0 aliphatic carbocycles. The van der Waals surface area contributed by atoms with Gasteiger partial charge in [-0.05, 0) is 66.1 Å². The normalized spacial score (nSPS) is 26.1. The molecule has 0 aromatic carbocycles. The molecule has 0 aliphatic rings. The van der Waals surface area contributed by atoms with Gasteiger partial charge in [0.15, 0.2) is 0 Å². The van der Waals surface area contributed by atoms with Crippen LogP contribution in [0.1, 0.15) is 0 Å². The third-order valence-corrected chi connectivity index (χ3v) is 5.85. The van der Waals surface area contributed by atoms with Crippen LogP contribution in [0.2, 0.25) is 0 Å². The molecule has 0 amide bonds. The molecule has 0 fully saturated rings. The van der Waals surface area contributed by atoms with Crippen molar-refractivity contribution in [3.63, 3.8) is 0 Å². The maximum atomic E-state index is 13.3. The van der Waals surface area contributed by atoms with Gasteiger partial charge in [-0.15, -0.1) is 0 Å². The molecule has 0 aromatic rings. The minimum atomic E-state index is -4.79. The van der Waals surface area contributed by atoms with Crippen LogP contribution < -0.4 is 0 Å². The zero-order chi connectivity index (χ0) is 12.0. The summed E-state index contributed by atoms with van der Waals surface area (Å²) in [6, 6.07) is 0. The molecule has 0 radical (unpaired) electrons. The Balaban J connectivity index is 5.30. The van der Waals surface area contributed by atoms with Gasteiger partial charge in [0, 0.05) is 0 Å². The van der Waals surface area contributed by atoms with Gasteiger partial charge < -0.3 is 0 Å². The van der Waals surface area contributed by atoms with Crippen LogP contribution in [-0.4, -0.2) is 17.7 Å². The van der Waals surface area contributed by atoms with Crippen molar-refractivity contribution in [1.82, 2.24) is 0 Å². The summed E-state index contributed by atoms with van der Waals surface area (Å²) in [5.74, 6) is 0. The van der Waals surface area contributed by atoms with Crippen LogP contribution in [-0.2, 0) is 0 Å². The van der Waals surface area contributed by atoms with Crippen molar-refractivity contribution < 1.29 is 22.0 Å². The first-order valence-electron chi connectivity index (χ1n) is 2.64. The first-order valence-corrected chi connectivity index (χ1v) is 6.06. The van der Waals surface area contributed by atoms with E-state index in [2.05, 4.69) is 23.2 Å². The summed E-state index contributed by atoms with van der Waals surface area (Å²) in [7, 11) is 0. The van der Waals surface area contributed by atoms with E-state index in [-0.39, 0.29) is 0 Å². The summed E-state index contributed by atoms with van der Waals surface area (Å²) in [5.41, 5.74) is 0. The molecule has 3 unspecified atom stereocenters. The van der Waals surface area contributed by atoms with Gasteiger partial charge >= 0.3 is 10.5 Å². The minimum absolute atomic E-state index is 0.696. The summed E-state index contributed by atoms with van der Waals surface area (Å²) >= 11 is 13.3. The molecule has 0 aliphatic heterocycles. The fourth-order valence-electron chi connectivity index (χ4n) is 0.356. The fourth-order valence-corrected chi connectivity index (χ4v) is 1.90. The first kappa shape index (κ1) is 15.9. The average Bonchev–Trinajstić information content (AvgIpc) is 1.81. The maximum Gasteiger partial charge on any atom is 0.373 e. The molecule has 86 valence electrons. The van der Waals surface area contributed by atoms with Gasteiger partial charge in [0.1, 0.15) is 0 Å². The van der Waals surface area contributed by atoms with Gasteiger partial charge in [0.25, 0.3) is 7.16 Å². The first-order chi connectivity index (χ1) is 5.75. The van der Waals surface area contributed by atoms with Gasteiger partial charge in [-0.2, -0.15) is 8.78 Å². The molecule has 10 heteroatoms. The van der Waals surface area contributed by atoms with Gasteiger partial charge in [0.05, 0.1) is 0 Å². The quantitative estimate of drug-likeness (QED) is 0.283. The molecule has 0 saturated heterocycles. The third-order valence-electron chi connectivity index (χ3n) is 1.11. The molecular formula is C4Br2Cl2F5I. The Labute approximate surface area is 116 Å². The van der Waals surface area contributed by atoms with Crippen LogP contribution in [0.4, 0.5) is 22.0 Å². The highest BCUT2D eigenvalue weighted by Crippen LogP contribution is 2.60. The van der Waals surface area contributed by atoms with E-state index in [1.807, 2.05) is 15.9 Å². The van der Waals surface area contributed by atoms with E-state index in [0.717, 1.165) is 0 Å². The summed E-state index contributed by atoms with van der Waals surface area (Å²) in [4.78, 5) is 0. The average molecular weight is 501 g/mol. The van der Waals surface area contributed by atoms with Gasteiger partial charge in [-0.25, -0.2) is 13.2 Å². The summed E-state index contributed by atoms with van der Waals surface area (Å²) < 4.78 is 56.8. The molecule has 0 nitrogen and oxygen atoms in total. The molecule has 0 heterocycles. The van der Waals surface area contributed by atoms with E-state index in [1.165, 1.54) is 0 Å². The highest BCUT2D eigenvalue weighted by atomic mass is 127. The summed E-state index contributed by atoms with van der Waals surface area (Å²) in [6.45, 7) is 0. The molecule has 0 bridgehead atoms. The van der Waals surface area contributed by atoms with E-state index in [1.54, 1.807) is 15.9 Å². The highest BCUT2D eigenvalue weighted by Gasteiger charge is 2.74. The molecule has 0 saturated carbocycles. The zero-order valence-electron chi connectivity index (χ0n) is 5.78. The number of rotatable bonds is 3. The Kier molecular flexibility index (Phi) is 4.89. The van der Waals surface area contributed by atoms with Crippen LogP contribution in [0.15, 0.2) is 0 Å². The van der Waals surface area contributed by atoms with E-state index in [0.29, 0.717) is 22.6 Å². The predicted molar refractivity (Wildman–Crippen MR) is 60.0 cm³/mol. The lowest BCUT2D eigenvalue weighted by atomic mass is 10.2. The van der Waals surface area contributed by atoms with Crippen LogP contribution in [0.3, 0.4) is 0 Å². The molecule has 14 heavy (non-hydrogen) atoms. The van der Waals surface area contributed by atoms with Crippen LogP contribution in [0.25, 0.3) is 0 Å². The lowest BCUT2D eigenvalue weighted by molar-refractivity contribution is -0.0809. The van der Waals surface area contributed by atoms with E-state index in [9.17, 15) is 22.0 Å². The lowest BCUT2D eigenvalue weighted by Gasteiger charge is -2.36. The van der Waals surface area contributed by atoms with Crippen LogP contribution >= 0.6 is 77.7 Å².